The third-order valence-electron chi connectivity index (χ3n) is 3.50. The Hall–Kier alpha value is -1.36. The molecule has 1 aliphatic carbocycles. The van der Waals surface area contributed by atoms with E-state index in [0.717, 1.165) is 25.7 Å². The second kappa shape index (κ2) is 6.00. The molecule has 1 aliphatic rings. The van der Waals surface area contributed by atoms with Gasteiger partial charge in [-0.25, -0.2) is 0 Å². The maximum Gasteiger partial charge on any atom is 0.252 e. The minimum Gasteiger partial charge on any atom is -0.368 e. The van der Waals surface area contributed by atoms with Crippen molar-refractivity contribution in [2.45, 2.75) is 38.1 Å². The van der Waals surface area contributed by atoms with Gasteiger partial charge in [-0.15, -0.1) is 0 Å². The van der Waals surface area contributed by atoms with Crippen molar-refractivity contribution < 1.29 is 9.59 Å². The number of thiophene rings is 1. The lowest BCUT2D eigenvalue weighted by Gasteiger charge is -2.28. The Kier molecular flexibility index (Phi) is 4.36. The van der Waals surface area contributed by atoms with Gasteiger partial charge < -0.3 is 11.1 Å². The summed E-state index contributed by atoms with van der Waals surface area (Å²) in [6, 6.07) is 1.22. The van der Waals surface area contributed by atoms with Crippen molar-refractivity contribution >= 4 is 23.2 Å². The van der Waals surface area contributed by atoms with Crippen LogP contribution in [0.15, 0.2) is 16.8 Å². The summed E-state index contributed by atoms with van der Waals surface area (Å²) in [7, 11) is 0. The van der Waals surface area contributed by atoms with Crippen LogP contribution in [0.3, 0.4) is 0 Å². The molecule has 0 aliphatic heterocycles. The van der Waals surface area contributed by atoms with Gasteiger partial charge in [-0.2, -0.15) is 11.3 Å². The number of carbonyl (C=O) groups is 2. The zero-order chi connectivity index (χ0) is 13.0. The molecule has 3 N–H and O–H groups in total. The Morgan fingerprint density at radius 2 is 2.06 bits per heavy atom. The second-order valence-corrected chi connectivity index (χ2v) is 5.54. The van der Waals surface area contributed by atoms with E-state index in [1.54, 1.807) is 11.4 Å². The van der Waals surface area contributed by atoms with Crippen molar-refractivity contribution in [3.05, 3.63) is 22.4 Å². The summed E-state index contributed by atoms with van der Waals surface area (Å²) < 4.78 is 0. The zero-order valence-electron chi connectivity index (χ0n) is 10.2. The third-order valence-corrected chi connectivity index (χ3v) is 4.18. The van der Waals surface area contributed by atoms with Crippen LogP contribution in [0.1, 0.15) is 42.5 Å². The van der Waals surface area contributed by atoms with E-state index >= 15 is 0 Å². The van der Waals surface area contributed by atoms with Crippen LogP contribution < -0.4 is 11.1 Å². The molecule has 1 heterocycles. The van der Waals surface area contributed by atoms with Crippen molar-refractivity contribution in [3.8, 4) is 0 Å². The molecule has 0 aromatic carbocycles. The number of carbonyl (C=O) groups excluding carboxylic acids is 2. The summed E-state index contributed by atoms with van der Waals surface area (Å²) in [6.45, 7) is 0. The Labute approximate surface area is 111 Å². The van der Waals surface area contributed by atoms with Crippen LogP contribution in [0.25, 0.3) is 0 Å². The van der Waals surface area contributed by atoms with Crippen LogP contribution in [0.4, 0.5) is 0 Å². The first-order valence-corrected chi connectivity index (χ1v) is 7.25. The van der Waals surface area contributed by atoms with E-state index in [4.69, 9.17) is 5.73 Å². The smallest absolute Gasteiger partial charge is 0.252 e. The molecule has 4 nitrogen and oxygen atoms in total. The van der Waals surface area contributed by atoms with Gasteiger partial charge in [0, 0.05) is 5.38 Å². The van der Waals surface area contributed by atoms with E-state index < -0.39 is 11.9 Å². The highest BCUT2D eigenvalue weighted by molar-refractivity contribution is 7.08. The van der Waals surface area contributed by atoms with Crippen molar-refractivity contribution in [1.82, 2.24) is 5.32 Å². The topological polar surface area (TPSA) is 72.2 Å². The van der Waals surface area contributed by atoms with Gasteiger partial charge in [-0.3, -0.25) is 9.59 Å². The molecule has 0 bridgehead atoms. The van der Waals surface area contributed by atoms with Crippen molar-refractivity contribution in [1.29, 1.82) is 0 Å². The molecule has 2 rings (SSSR count). The molecule has 2 amide bonds. The Balaban J connectivity index is 2.02. The van der Waals surface area contributed by atoms with E-state index in [9.17, 15) is 9.59 Å². The second-order valence-electron chi connectivity index (χ2n) is 4.76. The van der Waals surface area contributed by atoms with Crippen molar-refractivity contribution in [3.63, 3.8) is 0 Å². The quantitative estimate of drug-likeness (QED) is 0.873. The normalized spacial score (nSPS) is 18.2. The monoisotopic (exact) mass is 266 g/mol. The molecule has 18 heavy (non-hydrogen) atoms. The summed E-state index contributed by atoms with van der Waals surface area (Å²) in [6.07, 6.45) is 5.38. The summed E-state index contributed by atoms with van der Waals surface area (Å²) in [4.78, 5) is 23.5. The molecule has 0 unspecified atom stereocenters. The highest BCUT2D eigenvalue weighted by Gasteiger charge is 2.29. The first-order chi connectivity index (χ1) is 8.68. The number of hydrogen-bond acceptors (Lipinski definition) is 3. The summed E-state index contributed by atoms with van der Waals surface area (Å²) in [5.74, 6) is -0.435. The highest BCUT2D eigenvalue weighted by Crippen LogP contribution is 2.26. The molecule has 1 aromatic heterocycles. The lowest BCUT2D eigenvalue weighted by molar-refractivity contribution is -0.121. The van der Waals surface area contributed by atoms with Gasteiger partial charge in [-0.05, 0) is 30.2 Å². The van der Waals surface area contributed by atoms with Crippen LogP contribution in [-0.2, 0) is 4.79 Å². The molecule has 0 spiro atoms. The Bertz CT molecular complexity index is 411. The number of hydrogen-bond donors (Lipinski definition) is 2. The van der Waals surface area contributed by atoms with Gasteiger partial charge in [0.2, 0.25) is 5.91 Å². The minimum atomic E-state index is -0.530. The third kappa shape index (κ3) is 3.10. The number of rotatable bonds is 4. The van der Waals surface area contributed by atoms with Crippen molar-refractivity contribution in [2.24, 2.45) is 11.7 Å². The van der Waals surface area contributed by atoms with Gasteiger partial charge in [0.1, 0.15) is 6.04 Å². The number of primary amides is 1. The molecule has 5 heteroatoms. The molecule has 1 aromatic rings. The van der Waals surface area contributed by atoms with Gasteiger partial charge in [0.05, 0.1) is 5.56 Å². The van der Waals surface area contributed by atoms with E-state index in [1.807, 2.05) is 5.38 Å². The average molecular weight is 266 g/mol. The molecular formula is C13H18N2O2S. The number of nitrogens with one attached hydrogen (secondary N) is 1. The Morgan fingerprint density at radius 3 is 2.61 bits per heavy atom. The SMILES string of the molecule is NC(=O)[C@@H](NC(=O)c1ccsc1)C1CCCCC1. The Morgan fingerprint density at radius 1 is 1.33 bits per heavy atom. The van der Waals surface area contributed by atoms with E-state index in [-0.39, 0.29) is 11.8 Å². The fourth-order valence-corrected chi connectivity index (χ4v) is 3.14. The van der Waals surface area contributed by atoms with Crippen LogP contribution in [0, 0.1) is 5.92 Å². The van der Waals surface area contributed by atoms with Crippen LogP contribution in [0.2, 0.25) is 0 Å². The van der Waals surface area contributed by atoms with Gasteiger partial charge in [0.15, 0.2) is 0 Å². The summed E-state index contributed by atoms with van der Waals surface area (Å²) >= 11 is 1.46. The first-order valence-electron chi connectivity index (χ1n) is 6.31. The molecule has 1 fully saturated rings. The number of nitrogens with two attached hydrogens (primary N) is 1. The molecule has 0 radical (unpaired) electrons. The maximum atomic E-state index is 12.0. The summed E-state index contributed by atoms with van der Waals surface area (Å²) in [5, 5.41) is 6.40. The van der Waals surface area contributed by atoms with Gasteiger partial charge in [0.25, 0.3) is 5.91 Å². The lowest BCUT2D eigenvalue weighted by atomic mass is 9.83. The van der Waals surface area contributed by atoms with Crippen molar-refractivity contribution in [2.75, 3.05) is 0 Å². The first kappa shape index (κ1) is 13.1. The van der Waals surface area contributed by atoms with Gasteiger partial charge >= 0.3 is 0 Å². The molecule has 0 saturated heterocycles. The van der Waals surface area contributed by atoms with Gasteiger partial charge in [-0.1, -0.05) is 19.3 Å². The summed E-state index contributed by atoms with van der Waals surface area (Å²) in [5.41, 5.74) is 6.02. The molecule has 1 saturated carbocycles. The predicted molar refractivity (Wildman–Crippen MR) is 71.3 cm³/mol. The molecular weight excluding hydrogens is 248 g/mol. The fraction of sp³-hybridized carbons (Fsp3) is 0.538. The lowest BCUT2D eigenvalue weighted by Crippen LogP contribution is -2.49. The van der Waals surface area contributed by atoms with Crippen LogP contribution in [0.5, 0.6) is 0 Å². The minimum absolute atomic E-state index is 0.193. The number of amides is 2. The highest BCUT2D eigenvalue weighted by atomic mass is 32.1. The van der Waals surface area contributed by atoms with Crippen LogP contribution in [-0.4, -0.2) is 17.9 Å². The molecule has 98 valence electrons. The maximum absolute atomic E-state index is 12.0. The van der Waals surface area contributed by atoms with E-state index in [0.29, 0.717) is 5.56 Å². The largest absolute Gasteiger partial charge is 0.368 e. The predicted octanol–water partition coefficient (Wildman–Crippen LogP) is 1.91. The van der Waals surface area contributed by atoms with E-state index in [2.05, 4.69) is 5.32 Å². The molecule has 1 atom stereocenters. The standard InChI is InChI=1S/C13H18N2O2S/c14-12(16)11(9-4-2-1-3-5-9)15-13(17)10-6-7-18-8-10/h6-9,11H,1-5H2,(H2,14,16)(H,15,17)/t11-/m0/s1. The average Bonchev–Trinajstić information content (AvgIpc) is 2.90. The van der Waals surface area contributed by atoms with Crippen LogP contribution >= 0.6 is 11.3 Å². The van der Waals surface area contributed by atoms with E-state index in [1.165, 1.54) is 17.8 Å². The zero-order valence-corrected chi connectivity index (χ0v) is 11.0. The fourth-order valence-electron chi connectivity index (χ4n) is 2.51.